The van der Waals surface area contributed by atoms with E-state index in [1.807, 2.05) is 12.1 Å². The maximum atomic E-state index is 12.4. The van der Waals surface area contributed by atoms with E-state index in [2.05, 4.69) is 19.1 Å². The van der Waals surface area contributed by atoms with Gasteiger partial charge in [0, 0.05) is 11.5 Å². The van der Waals surface area contributed by atoms with E-state index in [9.17, 15) is 4.79 Å². The fourth-order valence-corrected chi connectivity index (χ4v) is 2.68. The average molecular weight is 230 g/mol. The molecule has 17 heavy (non-hydrogen) atoms. The molecule has 0 amide bonds. The molecule has 0 heterocycles. The Labute approximate surface area is 104 Å². The Balaban J connectivity index is 2.06. The molecule has 2 rings (SSSR count). The van der Waals surface area contributed by atoms with Gasteiger partial charge in [-0.25, -0.2) is 0 Å². The van der Waals surface area contributed by atoms with E-state index in [-0.39, 0.29) is 5.92 Å². The lowest BCUT2D eigenvalue weighted by atomic mass is 9.90. The van der Waals surface area contributed by atoms with Crippen LogP contribution in [-0.4, -0.2) is 5.78 Å². The molecule has 0 radical (unpaired) electrons. The summed E-state index contributed by atoms with van der Waals surface area (Å²) in [7, 11) is 0. The highest BCUT2D eigenvalue weighted by Gasteiger charge is 2.20. The zero-order valence-corrected chi connectivity index (χ0v) is 10.7. The molecule has 0 aliphatic heterocycles. The molecule has 0 atom stereocenters. The largest absolute Gasteiger partial charge is 0.294 e. The zero-order chi connectivity index (χ0) is 12.1. The van der Waals surface area contributed by atoms with Gasteiger partial charge in [-0.2, -0.15) is 0 Å². The minimum absolute atomic E-state index is 0.282. The SMILES string of the molecule is CCc1ccc(C(=O)C2CCCCCC2)cc1. The van der Waals surface area contributed by atoms with Gasteiger partial charge >= 0.3 is 0 Å². The van der Waals surface area contributed by atoms with E-state index >= 15 is 0 Å². The lowest BCUT2D eigenvalue weighted by Gasteiger charge is -2.12. The minimum atomic E-state index is 0.282. The van der Waals surface area contributed by atoms with Gasteiger partial charge in [0.05, 0.1) is 0 Å². The number of benzene rings is 1. The molecule has 1 heteroatoms. The molecule has 0 unspecified atom stereocenters. The molecule has 0 saturated heterocycles. The molecular formula is C16H22O. The third-order valence-corrected chi connectivity index (χ3v) is 3.87. The maximum absolute atomic E-state index is 12.4. The summed E-state index contributed by atoms with van der Waals surface area (Å²) in [5, 5.41) is 0. The van der Waals surface area contributed by atoms with Crippen LogP contribution in [0.1, 0.15) is 61.4 Å². The van der Waals surface area contributed by atoms with Crippen LogP contribution in [0, 0.1) is 5.92 Å². The molecule has 0 N–H and O–H groups in total. The van der Waals surface area contributed by atoms with E-state index in [1.165, 1.54) is 31.2 Å². The van der Waals surface area contributed by atoms with Crippen molar-refractivity contribution in [1.82, 2.24) is 0 Å². The highest BCUT2D eigenvalue weighted by Crippen LogP contribution is 2.26. The van der Waals surface area contributed by atoms with Gasteiger partial charge in [0.2, 0.25) is 0 Å². The summed E-state index contributed by atoms with van der Waals surface area (Å²) in [5.74, 6) is 0.652. The fourth-order valence-electron chi connectivity index (χ4n) is 2.68. The Morgan fingerprint density at radius 1 is 1.06 bits per heavy atom. The summed E-state index contributed by atoms with van der Waals surface area (Å²) in [6.45, 7) is 2.14. The van der Waals surface area contributed by atoms with E-state index in [4.69, 9.17) is 0 Å². The van der Waals surface area contributed by atoms with Crippen LogP contribution in [0.15, 0.2) is 24.3 Å². The molecule has 1 aliphatic rings. The van der Waals surface area contributed by atoms with Crippen molar-refractivity contribution in [3.63, 3.8) is 0 Å². The van der Waals surface area contributed by atoms with Crippen LogP contribution in [0.25, 0.3) is 0 Å². The molecule has 0 aromatic heterocycles. The van der Waals surface area contributed by atoms with E-state index in [1.54, 1.807) is 0 Å². The number of hydrogen-bond acceptors (Lipinski definition) is 1. The van der Waals surface area contributed by atoms with Gasteiger partial charge in [-0.15, -0.1) is 0 Å². The molecule has 1 aromatic rings. The maximum Gasteiger partial charge on any atom is 0.165 e. The van der Waals surface area contributed by atoms with Gasteiger partial charge in [-0.1, -0.05) is 56.9 Å². The van der Waals surface area contributed by atoms with Crippen molar-refractivity contribution in [3.8, 4) is 0 Å². The molecular weight excluding hydrogens is 208 g/mol. The first-order valence-corrected chi connectivity index (χ1v) is 6.94. The van der Waals surface area contributed by atoms with E-state index in [0.717, 1.165) is 24.8 Å². The molecule has 1 nitrogen and oxygen atoms in total. The van der Waals surface area contributed by atoms with Crippen LogP contribution in [0.5, 0.6) is 0 Å². The number of carbonyl (C=O) groups excluding carboxylic acids is 1. The molecule has 0 bridgehead atoms. The second-order valence-electron chi connectivity index (χ2n) is 5.10. The smallest absolute Gasteiger partial charge is 0.165 e. The van der Waals surface area contributed by atoms with Crippen molar-refractivity contribution in [1.29, 1.82) is 0 Å². The number of rotatable bonds is 3. The normalized spacial score (nSPS) is 17.7. The van der Waals surface area contributed by atoms with Crippen molar-refractivity contribution in [3.05, 3.63) is 35.4 Å². The topological polar surface area (TPSA) is 17.1 Å². The van der Waals surface area contributed by atoms with Crippen molar-refractivity contribution >= 4 is 5.78 Å². The lowest BCUT2D eigenvalue weighted by molar-refractivity contribution is 0.0908. The molecule has 1 aliphatic carbocycles. The van der Waals surface area contributed by atoms with E-state index in [0.29, 0.717) is 5.78 Å². The van der Waals surface area contributed by atoms with Crippen LogP contribution >= 0.6 is 0 Å². The van der Waals surface area contributed by atoms with Gasteiger partial charge in [-0.05, 0) is 24.8 Å². The zero-order valence-electron chi connectivity index (χ0n) is 10.7. The highest BCUT2D eigenvalue weighted by atomic mass is 16.1. The Hall–Kier alpha value is -1.11. The summed E-state index contributed by atoms with van der Waals surface area (Å²) in [6.07, 6.45) is 8.28. The van der Waals surface area contributed by atoms with Gasteiger partial charge in [0.25, 0.3) is 0 Å². The molecule has 92 valence electrons. The van der Waals surface area contributed by atoms with Crippen LogP contribution in [0.4, 0.5) is 0 Å². The van der Waals surface area contributed by atoms with Crippen LogP contribution in [0.3, 0.4) is 0 Å². The quantitative estimate of drug-likeness (QED) is 0.555. The first-order valence-electron chi connectivity index (χ1n) is 6.94. The number of aryl methyl sites for hydroxylation is 1. The Morgan fingerprint density at radius 3 is 2.18 bits per heavy atom. The van der Waals surface area contributed by atoms with Crippen LogP contribution in [0.2, 0.25) is 0 Å². The second-order valence-corrected chi connectivity index (χ2v) is 5.10. The summed E-state index contributed by atoms with van der Waals surface area (Å²) in [5.41, 5.74) is 2.22. The Morgan fingerprint density at radius 2 is 1.65 bits per heavy atom. The number of hydrogen-bond donors (Lipinski definition) is 0. The van der Waals surface area contributed by atoms with Crippen LogP contribution in [-0.2, 0) is 6.42 Å². The van der Waals surface area contributed by atoms with Crippen molar-refractivity contribution < 1.29 is 4.79 Å². The number of carbonyl (C=O) groups is 1. The Kier molecular flexibility index (Phi) is 4.36. The third kappa shape index (κ3) is 3.18. The first kappa shape index (κ1) is 12.3. The van der Waals surface area contributed by atoms with Crippen molar-refractivity contribution in [2.45, 2.75) is 51.9 Å². The molecule has 1 saturated carbocycles. The number of ketones is 1. The average Bonchev–Trinajstić information content (AvgIpc) is 2.67. The third-order valence-electron chi connectivity index (χ3n) is 3.87. The lowest BCUT2D eigenvalue weighted by Crippen LogP contribution is -2.14. The summed E-state index contributed by atoms with van der Waals surface area (Å²) >= 11 is 0. The predicted octanol–water partition coefficient (Wildman–Crippen LogP) is 4.40. The summed E-state index contributed by atoms with van der Waals surface area (Å²) < 4.78 is 0. The molecule has 0 spiro atoms. The fraction of sp³-hybridized carbons (Fsp3) is 0.562. The molecule has 1 fully saturated rings. The van der Waals surface area contributed by atoms with Gasteiger partial charge in [0.15, 0.2) is 5.78 Å². The standard InChI is InChI=1S/C16H22O/c1-2-13-9-11-15(12-10-13)16(17)14-7-5-3-4-6-8-14/h9-12,14H,2-8H2,1H3. The van der Waals surface area contributed by atoms with Gasteiger partial charge in [0.1, 0.15) is 0 Å². The van der Waals surface area contributed by atoms with Crippen LogP contribution < -0.4 is 0 Å². The monoisotopic (exact) mass is 230 g/mol. The Bertz CT molecular complexity index is 356. The van der Waals surface area contributed by atoms with Crippen molar-refractivity contribution in [2.75, 3.05) is 0 Å². The number of Topliss-reactive ketones (excluding diaryl/α,β-unsaturated/α-hetero) is 1. The second kappa shape index (κ2) is 6.00. The predicted molar refractivity (Wildman–Crippen MR) is 71.3 cm³/mol. The summed E-state index contributed by atoms with van der Waals surface area (Å²) in [4.78, 5) is 12.4. The minimum Gasteiger partial charge on any atom is -0.294 e. The van der Waals surface area contributed by atoms with Gasteiger partial charge in [-0.3, -0.25) is 4.79 Å². The molecule has 1 aromatic carbocycles. The first-order chi connectivity index (χ1) is 8.31. The summed E-state index contributed by atoms with van der Waals surface area (Å²) in [6, 6.07) is 8.19. The van der Waals surface area contributed by atoms with E-state index < -0.39 is 0 Å². The van der Waals surface area contributed by atoms with Crippen molar-refractivity contribution in [2.24, 2.45) is 5.92 Å². The van der Waals surface area contributed by atoms with Gasteiger partial charge < -0.3 is 0 Å². The highest BCUT2D eigenvalue weighted by molar-refractivity contribution is 5.97.